The number of rotatable bonds is 5. The average molecular weight is 286 g/mol. The maximum absolute atomic E-state index is 12.3. The van der Waals surface area contributed by atoms with E-state index in [9.17, 15) is 4.79 Å². The van der Waals surface area contributed by atoms with Gasteiger partial charge in [0.2, 0.25) is 5.91 Å². The minimum atomic E-state index is -0.111. The Bertz CT molecular complexity index is 554. The van der Waals surface area contributed by atoms with Crippen molar-refractivity contribution in [2.24, 2.45) is 0 Å². The molecule has 0 fully saturated rings. The number of hydrogen-bond acceptors (Lipinski definition) is 3. The second-order valence-electron chi connectivity index (χ2n) is 4.54. The lowest BCUT2D eigenvalue weighted by molar-refractivity contribution is -0.115. The van der Waals surface area contributed by atoms with Crippen molar-refractivity contribution in [1.82, 2.24) is 4.98 Å². The number of nitrogens with zero attached hydrogens (tertiary/aromatic N) is 1. The zero-order valence-corrected chi connectivity index (χ0v) is 12.5. The van der Waals surface area contributed by atoms with Crippen molar-refractivity contribution >= 4 is 23.5 Å². The first-order valence-corrected chi connectivity index (χ1v) is 7.52. The van der Waals surface area contributed by atoms with Crippen LogP contribution in [0.1, 0.15) is 18.9 Å². The van der Waals surface area contributed by atoms with E-state index in [1.165, 1.54) is 0 Å². The number of amides is 1. The molecule has 0 aliphatic carbocycles. The van der Waals surface area contributed by atoms with Gasteiger partial charge in [0.05, 0.1) is 5.25 Å². The summed E-state index contributed by atoms with van der Waals surface area (Å²) < 4.78 is 0. The summed E-state index contributed by atoms with van der Waals surface area (Å²) in [6.45, 7) is 3.99. The van der Waals surface area contributed by atoms with Crippen LogP contribution in [0.25, 0.3) is 0 Å². The first-order chi connectivity index (χ1) is 9.69. The first-order valence-electron chi connectivity index (χ1n) is 6.64. The number of pyridine rings is 1. The summed E-state index contributed by atoms with van der Waals surface area (Å²) in [5, 5.41) is 2.76. The molecule has 0 bridgehead atoms. The highest BCUT2D eigenvalue weighted by atomic mass is 32.2. The molecule has 20 heavy (non-hydrogen) atoms. The van der Waals surface area contributed by atoms with Crippen LogP contribution in [0.3, 0.4) is 0 Å². The molecule has 2 rings (SSSR count). The van der Waals surface area contributed by atoms with Crippen molar-refractivity contribution in [1.29, 1.82) is 0 Å². The van der Waals surface area contributed by atoms with E-state index in [1.54, 1.807) is 18.0 Å². The van der Waals surface area contributed by atoms with Crippen LogP contribution in [0, 0.1) is 6.92 Å². The van der Waals surface area contributed by atoms with Gasteiger partial charge in [0, 0.05) is 11.1 Å². The zero-order chi connectivity index (χ0) is 14.4. The number of aromatic nitrogens is 1. The minimum absolute atomic E-state index is 0.00212. The third-order valence-electron chi connectivity index (χ3n) is 2.85. The molecule has 1 heterocycles. The summed E-state index contributed by atoms with van der Waals surface area (Å²) in [4.78, 5) is 17.6. The number of carbonyl (C=O) groups is 1. The molecular formula is C16H18N2OS. The van der Waals surface area contributed by atoms with E-state index in [2.05, 4.69) is 10.3 Å². The Labute approximate surface area is 123 Å². The van der Waals surface area contributed by atoms with Gasteiger partial charge in [-0.2, -0.15) is 0 Å². The number of carbonyl (C=O) groups excluding carboxylic acids is 1. The third kappa shape index (κ3) is 4.10. The van der Waals surface area contributed by atoms with Crippen LogP contribution >= 0.6 is 11.8 Å². The highest BCUT2D eigenvalue weighted by Gasteiger charge is 2.18. The largest absolute Gasteiger partial charge is 0.310 e. The van der Waals surface area contributed by atoms with Gasteiger partial charge in [-0.05, 0) is 37.1 Å². The number of nitrogens with one attached hydrogen (secondary N) is 1. The van der Waals surface area contributed by atoms with Gasteiger partial charge < -0.3 is 5.32 Å². The van der Waals surface area contributed by atoms with Gasteiger partial charge in [-0.3, -0.25) is 4.79 Å². The molecule has 2 aromatic rings. The smallest absolute Gasteiger partial charge is 0.239 e. The van der Waals surface area contributed by atoms with Crippen molar-refractivity contribution in [2.75, 3.05) is 5.32 Å². The Balaban J connectivity index is 2.00. The summed E-state index contributed by atoms with van der Waals surface area (Å²) in [5.74, 6) is 0.602. The average Bonchev–Trinajstić information content (AvgIpc) is 2.48. The van der Waals surface area contributed by atoms with E-state index >= 15 is 0 Å². The van der Waals surface area contributed by atoms with Gasteiger partial charge in [-0.25, -0.2) is 4.98 Å². The summed E-state index contributed by atoms with van der Waals surface area (Å²) in [5.41, 5.74) is 1.08. The molecule has 1 atom stereocenters. The van der Waals surface area contributed by atoms with Crippen LogP contribution in [0.15, 0.2) is 53.6 Å². The molecule has 0 aliphatic rings. The fourth-order valence-electron chi connectivity index (χ4n) is 1.73. The van der Waals surface area contributed by atoms with Crippen molar-refractivity contribution in [3.63, 3.8) is 0 Å². The van der Waals surface area contributed by atoms with E-state index in [0.29, 0.717) is 5.82 Å². The van der Waals surface area contributed by atoms with Crippen LogP contribution in [0.4, 0.5) is 5.82 Å². The second-order valence-corrected chi connectivity index (χ2v) is 5.81. The lowest BCUT2D eigenvalue weighted by Crippen LogP contribution is -2.24. The standard InChI is InChI=1S/C16H18N2OS/c1-3-14(20-13-7-5-4-6-8-13)16(19)18-15-10-9-12(2)11-17-15/h4-11,14H,3H2,1-2H3,(H,17,18,19). The predicted octanol–water partition coefficient (Wildman–Crippen LogP) is 3.90. The fraction of sp³-hybridized carbons (Fsp3) is 0.250. The Hall–Kier alpha value is -1.81. The molecule has 1 aromatic heterocycles. The lowest BCUT2D eigenvalue weighted by Gasteiger charge is -2.14. The number of hydrogen-bond donors (Lipinski definition) is 1. The van der Waals surface area contributed by atoms with Crippen LogP contribution in [-0.4, -0.2) is 16.1 Å². The van der Waals surface area contributed by atoms with E-state index in [0.717, 1.165) is 16.9 Å². The van der Waals surface area contributed by atoms with Crippen molar-refractivity contribution in [2.45, 2.75) is 30.4 Å². The van der Waals surface area contributed by atoms with Crippen molar-refractivity contribution < 1.29 is 4.79 Å². The van der Waals surface area contributed by atoms with Gasteiger partial charge >= 0.3 is 0 Å². The molecule has 0 spiro atoms. The van der Waals surface area contributed by atoms with Crippen molar-refractivity contribution in [3.05, 3.63) is 54.2 Å². The number of benzene rings is 1. The maximum atomic E-state index is 12.3. The van der Waals surface area contributed by atoms with Gasteiger partial charge in [0.1, 0.15) is 5.82 Å². The molecular weight excluding hydrogens is 268 g/mol. The first kappa shape index (κ1) is 14.6. The van der Waals surface area contributed by atoms with Gasteiger partial charge in [-0.1, -0.05) is 31.2 Å². The number of thioether (sulfide) groups is 1. The summed E-state index contributed by atoms with van der Waals surface area (Å²) >= 11 is 1.58. The monoisotopic (exact) mass is 286 g/mol. The van der Waals surface area contributed by atoms with Gasteiger partial charge in [-0.15, -0.1) is 11.8 Å². The molecule has 1 amide bonds. The Kier molecular flexibility index (Phi) is 5.18. The third-order valence-corrected chi connectivity index (χ3v) is 4.22. The van der Waals surface area contributed by atoms with E-state index < -0.39 is 0 Å². The highest BCUT2D eigenvalue weighted by Crippen LogP contribution is 2.25. The quantitative estimate of drug-likeness (QED) is 0.848. The number of anilines is 1. The van der Waals surface area contributed by atoms with E-state index in [1.807, 2.05) is 56.3 Å². The van der Waals surface area contributed by atoms with Gasteiger partial charge in [0.25, 0.3) is 0 Å². The normalized spacial score (nSPS) is 11.9. The zero-order valence-electron chi connectivity index (χ0n) is 11.7. The SMILES string of the molecule is CCC(Sc1ccccc1)C(=O)Nc1ccc(C)cn1. The second kappa shape index (κ2) is 7.10. The molecule has 1 N–H and O–H groups in total. The Morgan fingerprint density at radius 3 is 2.60 bits per heavy atom. The fourth-order valence-corrected chi connectivity index (χ4v) is 2.71. The predicted molar refractivity (Wildman–Crippen MR) is 84.0 cm³/mol. The Morgan fingerprint density at radius 1 is 1.25 bits per heavy atom. The molecule has 104 valence electrons. The Morgan fingerprint density at radius 2 is 2.00 bits per heavy atom. The molecule has 0 aliphatic heterocycles. The summed E-state index contributed by atoms with van der Waals surface area (Å²) in [7, 11) is 0. The van der Waals surface area contributed by atoms with E-state index in [-0.39, 0.29) is 11.2 Å². The molecule has 3 nitrogen and oxygen atoms in total. The minimum Gasteiger partial charge on any atom is -0.310 e. The van der Waals surface area contributed by atoms with Crippen LogP contribution in [-0.2, 0) is 4.79 Å². The molecule has 4 heteroatoms. The van der Waals surface area contributed by atoms with Crippen LogP contribution in [0.5, 0.6) is 0 Å². The van der Waals surface area contributed by atoms with Crippen LogP contribution < -0.4 is 5.32 Å². The summed E-state index contributed by atoms with van der Waals surface area (Å²) in [6.07, 6.45) is 2.53. The topological polar surface area (TPSA) is 42.0 Å². The van der Waals surface area contributed by atoms with Crippen molar-refractivity contribution in [3.8, 4) is 0 Å². The summed E-state index contributed by atoms with van der Waals surface area (Å²) in [6, 6.07) is 13.7. The molecule has 0 saturated heterocycles. The molecule has 1 unspecified atom stereocenters. The molecule has 0 radical (unpaired) electrons. The van der Waals surface area contributed by atoms with Gasteiger partial charge in [0.15, 0.2) is 0 Å². The molecule has 1 aromatic carbocycles. The van der Waals surface area contributed by atoms with E-state index in [4.69, 9.17) is 0 Å². The highest BCUT2D eigenvalue weighted by molar-refractivity contribution is 8.00. The maximum Gasteiger partial charge on any atom is 0.239 e. The number of aryl methyl sites for hydroxylation is 1. The van der Waals surface area contributed by atoms with Crippen LogP contribution in [0.2, 0.25) is 0 Å². The lowest BCUT2D eigenvalue weighted by atomic mass is 10.3. The molecule has 0 saturated carbocycles.